The maximum absolute atomic E-state index is 12.3. The number of nitrogens with two attached hydrogens (primary N) is 1. The highest BCUT2D eigenvalue weighted by atomic mass is 16.1. The molecule has 1 aliphatic carbocycles. The molecule has 106 valence electrons. The molecule has 1 amide bonds. The molecule has 0 aliphatic heterocycles. The number of amides is 1. The van der Waals surface area contributed by atoms with E-state index in [2.05, 4.69) is 15.3 Å². The van der Waals surface area contributed by atoms with Crippen molar-refractivity contribution in [2.75, 3.05) is 6.54 Å². The number of fused-ring (bicyclic) bond motifs is 1. The first-order chi connectivity index (χ1) is 9.62. The summed E-state index contributed by atoms with van der Waals surface area (Å²) in [6.07, 6.45) is 6.26. The van der Waals surface area contributed by atoms with E-state index in [0.29, 0.717) is 18.9 Å². The van der Waals surface area contributed by atoms with Gasteiger partial charge >= 0.3 is 0 Å². The molecule has 0 spiro atoms. The van der Waals surface area contributed by atoms with Crippen LogP contribution in [0.25, 0.3) is 11.0 Å². The van der Waals surface area contributed by atoms with E-state index in [0.717, 1.165) is 29.4 Å². The van der Waals surface area contributed by atoms with Crippen molar-refractivity contribution in [3.63, 3.8) is 0 Å². The van der Waals surface area contributed by atoms with Crippen molar-refractivity contribution < 1.29 is 4.79 Å². The van der Waals surface area contributed by atoms with Crippen LogP contribution in [-0.2, 0) is 11.2 Å². The van der Waals surface area contributed by atoms with Crippen LogP contribution < -0.4 is 11.1 Å². The van der Waals surface area contributed by atoms with Gasteiger partial charge in [0.15, 0.2) is 0 Å². The Hall–Kier alpha value is -1.88. The number of hydrogen-bond donors (Lipinski definition) is 3. The third kappa shape index (κ3) is 2.41. The van der Waals surface area contributed by atoms with Crippen LogP contribution in [0.2, 0.25) is 0 Å². The summed E-state index contributed by atoms with van der Waals surface area (Å²) in [4.78, 5) is 19.6. The second-order valence-corrected chi connectivity index (χ2v) is 5.83. The van der Waals surface area contributed by atoms with Gasteiger partial charge in [0, 0.05) is 24.3 Å². The molecule has 0 saturated heterocycles. The van der Waals surface area contributed by atoms with E-state index < -0.39 is 0 Å². The number of aromatic nitrogens is 2. The summed E-state index contributed by atoms with van der Waals surface area (Å²) in [5.41, 5.74) is 7.36. The highest BCUT2D eigenvalue weighted by Gasteiger charge is 2.41. The monoisotopic (exact) mass is 272 g/mol. The standard InChI is InChI=1S/C15H20N4O/c1-15(9-16,11-4-5-11)19-13(20)7-10-8-18-14-12(10)3-2-6-17-14/h2-3,6,8,11H,4-5,7,9,16H2,1H3,(H,17,18)(H,19,20). The van der Waals surface area contributed by atoms with Crippen molar-refractivity contribution in [3.8, 4) is 0 Å². The fourth-order valence-corrected chi connectivity index (χ4v) is 2.73. The molecule has 5 nitrogen and oxygen atoms in total. The summed E-state index contributed by atoms with van der Waals surface area (Å²) in [6.45, 7) is 2.53. The van der Waals surface area contributed by atoms with E-state index in [1.54, 1.807) is 6.20 Å². The third-order valence-corrected chi connectivity index (χ3v) is 4.22. The first-order valence-corrected chi connectivity index (χ1v) is 7.04. The van der Waals surface area contributed by atoms with Gasteiger partial charge in [0.2, 0.25) is 5.91 Å². The van der Waals surface area contributed by atoms with Crippen LogP contribution in [0.3, 0.4) is 0 Å². The Morgan fingerprint density at radius 3 is 3.10 bits per heavy atom. The molecule has 0 bridgehead atoms. The number of carbonyl (C=O) groups excluding carboxylic acids is 1. The number of aromatic amines is 1. The van der Waals surface area contributed by atoms with Crippen LogP contribution in [0.5, 0.6) is 0 Å². The van der Waals surface area contributed by atoms with Gasteiger partial charge in [0.05, 0.1) is 12.0 Å². The van der Waals surface area contributed by atoms with Gasteiger partial charge in [0.25, 0.3) is 0 Å². The van der Waals surface area contributed by atoms with Gasteiger partial charge in [-0.05, 0) is 43.4 Å². The molecule has 2 aromatic rings. The van der Waals surface area contributed by atoms with Crippen LogP contribution in [0.1, 0.15) is 25.3 Å². The molecule has 1 saturated carbocycles. The predicted octanol–water partition coefficient (Wildman–Crippen LogP) is 1.35. The van der Waals surface area contributed by atoms with Gasteiger partial charge in [-0.25, -0.2) is 4.98 Å². The lowest BCUT2D eigenvalue weighted by Gasteiger charge is -2.29. The molecule has 20 heavy (non-hydrogen) atoms. The number of nitrogens with zero attached hydrogens (tertiary/aromatic N) is 1. The van der Waals surface area contributed by atoms with E-state index in [4.69, 9.17) is 5.73 Å². The lowest BCUT2D eigenvalue weighted by Crippen LogP contribution is -2.53. The number of nitrogens with one attached hydrogen (secondary N) is 2. The predicted molar refractivity (Wildman–Crippen MR) is 78.1 cm³/mol. The summed E-state index contributed by atoms with van der Waals surface area (Å²) in [5, 5.41) is 4.11. The first kappa shape index (κ1) is 13.1. The number of carbonyl (C=O) groups is 1. The molecule has 1 unspecified atom stereocenters. The van der Waals surface area contributed by atoms with Crippen LogP contribution >= 0.6 is 0 Å². The molecular weight excluding hydrogens is 252 g/mol. The van der Waals surface area contributed by atoms with Gasteiger partial charge in [-0.2, -0.15) is 0 Å². The number of pyridine rings is 1. The zero-order chi connectivity index (χ0) is 14.2. The van der Waals surface area contributed by atoms with Gasteiger partial charge in [-0.3, -0.25) is 4.79 Å². The number of hydrogen-bond acceptors (Lipinski definition) is 3. The Morgan fingerprint density at radius 1 is 1.60 bits per heavy atom. The first-order valence-electron chi connectivity index (χ1n) is 7.04. The van der Waals surface area contributed by atoms with E-state index in [-0.39, 0.29) is 11.4 Å². The third-order valence-electron chi connectivity index (χ3n) is 4.22. The highest BCUT2D eigenvalue weighted by Crippen LogP contribution is 2.39. The Bertz CT molecular complexity index is 632. The molecule has 5 heteroatoms. The Morgan fingerprint density at radius 2 is 2.40 bits per heavy atom. The molecule has 0 radical (unpaired) electrons. The van der Waals surface area contributed by atoms with Crippen molar-refractivity contribution in [1.29, 1.82) is 0 Å². The molecule has 1 fully saturated rings. The smallest absolute Gasteiger partial charge is 0.224 e. The minimum Gasteiger partial charge on any atom is -0.349 e. The zero-order valence-electron chi connectivity index (χ0n) is 11.6. The van der Waals surface area contributed by atoms with Crippen LogP contribution in [-0.4, -0.2) is 28.0 Å². The molecular formula is C15H20N4O. The molecule has 4 N–H and O–H groups in total. The average molecular weight is 272 g/mol. The Balaban J connectivity index is 1.72. The summed E-state index contributed by atoms with van der Waals surface area (Å²) >= 11 is 0. The van der Waals surface area contributed by atoms with Gasteiger partial charge < -0.3 is 16.0 Å². The molecule has 0 aromatic carbocycles. The molecule has 1 atom stereocenters. The van der Waals surface area contributed by atoms with Crippen LogP contribution in [0.4, 0.5) is 0 Å². The van der Waals surface area contributed by atoms with Crippen molar-refractivity contribution in [1.82, 2.24) is 15.3 Å². The second kappa shape index (κ2) is 4.90. The van der Waals surface area contributed by atoms with Crippen molar-refractivity contribution >= 4 is 16.9 Å². The minimum absolute atomic E-state index is 0.0228. The highest BCUT2D eigenvalue weighted by molar-refractivity contribution is 5.87. The van der Waals surface area contributed by atoms with Gasteiger partial charge in [-0.1, -0.05) is 0 Å². The summed E-state index contributed by atoms with van der Waals surface area (Å²) in [5.74, 6) is 0.552. The Kier molecular flexibility index (Phi) is 3.22. The van der Waals surface area contributed by atoms with Gasteiger partial charge in [0.1, 0.15) is 5.65 Å². The zero-order valence-corrected chi connectivity index (χ0v) is 11.6. The summed E-state index contributed by atoms with van der Waals surface area (Å²) in [7, 11) is 0. The normalized spacial score (nSPS) is 17.9. The van der Waals surface area contributed by atoms with Crippen molar-refractivity contribution in [3.05, 3.63) is 30.1 Å². The van der Waals surface area contributed by atoms with Crippen LogP contribution in [0, 0.1) is 5.92 Å². The minimum atomic E-state index is -0.262. The lowest BCUT2D eigenvalue weighted by molar-refractivity contribution is -0.122. The van der Waals surface area contributed by atoms with E-state index in [1.165, 1.54) is 0 Å². The molecule has 1 aliphatic rings. The summed E-state index contributed by atoms with van der Waals surface area (Å²) in [6, 6.07) is 3.86. The average Bonchev–Trinajstić information content (AvgIpc) is 3.23. The SMILES string of the molecule is CC(CN)(NC(=O)Cc1c[nH]c2ncccc12)C1CC1. The van der Waals surface area contributed by atoms with E-state index >= 15 is 0 Å². The second-order valence-electron chi connectivity index (χ2n) is 5.83. The van der Waals surface area contributed by atoms with E-state index in [1.807, 2.05) is 25.3 Å². The maximum atomic E-state index is 12.3. The van der Waals surface area contributed by atoms with E-state index in [9.17, 15) is 4.79 Å². The fraction of sp³-hybridized carbons (Fsp3) is 0.467. The number of H-pyrrole nitrogens is 1. The largest absolute Gasteiger partial charge is 0.349 e. The Labute approximate surface area is 118 Å². The fourth-order valence-electron chi connectivity index (χ4n) is 2.73. The quantitative estimate of drug-likeness (QED) is 0.768. The molecule has 2 aromatic heterocycles. The maximum Gasteiger partial charge on any atom is 0.224 e. The van der Waals surface area contributed by atoms with Crippen molar-refractivity contribution in [2.45, 2.75) is 31.7 Å². The van der Waals surface area contributed by atoms with Gasteiger partial charge in [-0.15, -0.1) is 0 Å². The van der Waals surface area contributed by atoms with Crippen molar-refractivity contribution in [2.24, 2.45) is 11.7 Å². The topological polar surface area (TPSA) is 83.8 Å². The molecule has 3 rings (SSSR count). The summed E-state index contributed by atoms with van der Waals surface area (Å²) < 4.78 is 0. The molecule has 2 heterocycles. The lowest BCUT2D eigenvalue weighted by atomic mass is 9.95. The number of rotatable bonds is 5. The van der Waals surface area contributed by atoms with Crippen LogP contribution in [0.15, 0.2) is 24.5 Å².